The van der Waals surface area contributed by atoms with Crippen molar-refractivity contribution in [3.8, 4) is 5.75 Å². The molecule has 0 amide bonds. The van der Waals surface area contributed by atoms with E-state index in [9.17, 15) is 8.42 Å². The first-order chi connectivity index (χ1) is 9.56. The van der Waals surface area contributed by atoms with Crippen LogP contribution in [0.1, 0.15) is 11.8 Å². The van der Waals surface area contributed by atoms with Crippen molar-refractivity contribution in [3.63, 3.8) is 0 Å². The molecule has 1 aromatic heterocycles. The highest BCUT2D eigenvalue weighted by atomic mass is 32.2. The molecular formula is C13H15NO4S2. The second kappa shape index (κ2) is 6.25. The van der Waals surface area contributed by atoms with Crippen LogP contribution in [0.3, 0.4) is 0 Å². The molecule has 0 unspecified atom stereocenters. The van der Waals surface area contributed by atoms with Crippen molar-refractivity contribution in [2.45, 2.75) is 17.7 Å². The zero-order valence-electron chi connectivity index (χ0n) is 10.9. The normalized spacial score (nSPS) is 11.3. The third-order valence-corrected chi connectivity index (χ3v) is 5.42. The second-order valence-electron chi connectivity index (χ2n) is 3.91. The number of benzene rings is 1. The van der Waals surface area contributed by atoms with Crippen LogP contribution in [0.4, 0.5) is 5.69 Å². The molecule has 1 aromatic carbocycles. The van der Waals surface area contributed by atoms with Crippen molar-refractivity contribution >= 4 is 27.0 Å². The van der Waals surface area contributed by atoms with E-state index in [1.54, 1.807) is 30.3 Å². The van der Waals surface area contributed by atoms with Crippen LogP contribution in [0.25, 0.3) is 0 Å². The summed E-state index contributed by atoms with van der Waals surface area (Å²) in [4.78, 5) is 0.600. The van der Waals surface area contributed by atoms with Gasteiger partial charge in [0, 0.05) is 4.88 Å². The molecule has 0 saturated heterocycles. The Morgan fingerprint density at radius 2 is 2.00 bits per heavy atom. The summed E-state index contributed by atoms with van der Waals surface area (Å²) in [7, 11) is -3.67. The molecule has 2 rings (SSSR count). The molecule has 0 fully saturated rings. The number of para-hydroxylation sites is 2. The van der Waals surface area contributed by atoms with Gasteiger partial charge in [0.25, 0.3) is 10.0 Å². The minimum absolute atomic E-state index is 0.160. The molecule has 7 heteroatoms. The summed E-state index contributed by atoms with van der Waals surface area (Å²) in [5.74, 6) is 0.484. The molecule has 2 N–H and O–H groups in total. The summed E-state index contributed by atoms with van der Waals surface area (Å²) in [5.41, 5.74) is 0.397. The number of thiophene rings is 1. The van der Waals surface area contributed by atoms with Gasteiger partial charge in [0.15, 0.2) is 0 Å². The van der Waals surface area contributed by atoms with Gasteiger partial charge in [-0.2, -0.15) is 0 Å². The Morgan fingerprint density at radius 3 is 2.65 bits per heavy atom. The van der Waals surface area contributed by atoms with Gasteiger partial charge < -0.3 is 9.84 Å². The molecule has 5 nitrogen and oxygen atoms in total. The molecule has 108 valence electrons. The van der Waals surface area contributed by atoms with E-state index >= 15 is 0 Å². The highest BCUT2D eigenvalue weighted by Crippen LogP contribution is 2.29. The molecule has 0 bridgehead atoms. The third-order valence-electron chi connectivity index (χ3n) is 2.49. The van der Waals surface area contributed by atoms with E-state index in [2.05, 4.69) is 4.72 Å². The Morgan fingerprint density at radius 1 is 1.25 bits per heavy atom. The van der Waals surface area contributed by atoms with E-state index in [0.717, 1.165) is 11.3 Å². The number of rotatable bonds is 6. The Kier molecular flexibility index (Phi) is 4.64. The van der Waals surface area contributed by atoms with Crippen molar-refractivity contribution in [1.82, 2.24) is 0 Å². The number of nitrogens with one attached hydrogen (secondary N) is 1. The Hall–Kier alpha value is -1.57. The molecule has 2 aromatic rings. The maximum absolute atomic E-state index is 12.2. The molecule has 0 aliphatic rings. The van der Waals surface area contributed by atoms with E-state index in [0.29, 0.717) is 22.9 Å². The minimum Gasteiger partial charge on any atom is -0.492 e. The average Bonchev–Trinajstić information content (AvgIpc) is 2.91. The van der Waals surface area contributed by atoms with Crippen LogP contribution >= 0.6 is 11.3 Å². The van der Waals surface area contributed by atoms with Crippen LogP contribution in [0, 0.1) is 0 Å². The fraction of sp³-hybridized carbons (Fsp3) is 0.231. The lowest BCUT2D eigenvalue weighted by atomic mass is 10.3. The van der Waals surface area contributed by atoms with Gasteiger partial charge in [-0.05, 0) is 31.2 Å². The fourth-order valence-corrected chi connectivity index (χ4v) is 3.90. The van der Waals surface area contributed by atoms with Crippen LogP contribution in [0.5, 0.6) is 5.75 Å². The molecule has 0 radical (unpaired) electrons. The molecule has 1 heterocycles. The van der Waals surface area contributed by atoms with E-state index in [-0.39, 0.29) is 10.8 Å². The van der Waals surface area contributed by atoms with Crippen molar-refractivity contribution in [3.05, 3.63) is 41.3 Å². The van der Waals surface area contributed by atoms with Crippen LogP contribution < -0.4 is 9.46 Å². The highest BCUT2D eigenvalue weighted by molar-refractivity contribution is 7.94. The van der Waals surface area contributed by atoms with E-state index < -0.39 is 10.0 Å². The van der Waals surface area contributed by atoms with Crippen molar-refractivity contribution in [2.75, 3.05) is 11.3 Å². The van der Waals surface area contributed by atoms with Gasteiger partial charge in [-0.25, -0.2) is 8.42 Å². The van der Waals surface area contributed by atoms with Crippen LogP contribution in [0.15, 0.2) is 40.6 Å². The number of anilines is 1. The van der Waals surface area contributed by atoms with E-state index in [1.807, 2.05) is 6.92 Å². The zero-order valence-corrected chi connectivity index (χ0v) is 12.5. The summed E-state index contributed by atoms with van der Waals surface area (Å²) >= 11 is 1.04. The standard InChI is InChI=1S/C13H15NO4S2/c1-2-18-12-6-4-3-5-11(12)14-20(16,17)13-8-7-10(9-15)19-13/h3-8,14-15H,2,9H2,1H3. The first kappa shape index (κ1) is 14.8. The molecule has 0 saturated carbocycles. The molecule has 20 heavy (non-hydrogen) atoms. The Balaban J connectivity index is 2.28. The lowest BCUT2D eigenvalue weighted by Gasteiger charge is -2.11. The summed E-state index contributed by atoms with van der Waals surface area (Å²) in [5, 5.41) is 9.00. The average molecular weight is 313 g/mol. The van der Waals surface area contributed by atoms with Crippen molar-refractivity contribution in [2.24, 2.45) is 0 Å². The Labute approximate surface area is 121 Å². The van der Waals surface area contributed by atoms with Crippen molar-refractivity contribution < 1.29 is 18.3 Å². The van der Waals surface area contributed by atoms with Gasteiger partial charge in [-0.3, -0.25) is 4.72 Å². The van der Waals surface area contributed by atoms with Crippen LogP contribution in [0.2, 0.25) is 0 Å². The van der Waals surface area contributed by atoms with E-state index in [4.69, 9.17) is 9.84 Å². The topological polar surface area (TPSA) is 75.6 Å². The number of sulfonamides is 1. The van der Waals surface area contributed by atoms with E-state index in [1.165, 1.54) is 6.07 Å². The van der Waals surface area contributed by atoms with Gasteiger partial charge in [0.1, 0.15) is 9.96 Å². The second-order valence-corrected chi connectivity index (χ2v) is 6.99. The summed E-state index contributed by atoms with van der Waals surface area (Å²) < 4.78 is 32.5. The number of hydrogen-bond acceptors (Lipinski definition) is 5. The first-order valence-corrected chi connectivity index (χ1v) is 8.31. The monoisotopic (exact) mass is 313 g/mol. The number of hydrogen-bond donors (Lipinski definition) is 2. The van der Waals surface area contributed by atoms with Gasteiger partial charge in [-0.1, -0.05) is 12.1 Å². The zero-order chi connectivity index (χ0) is 14.6. The number of aliphatic hydroxyl groups excluding tert-OH is 1. The molecule has 0 aliphatic carbocycles. The molecule has 0 spiro atoms. The summed E-state index contributed by atoms with van der Waals surface area (Å²) in [6.45, 7) is 2.11. The lowest BCUT2D eigenvalue weighted by Crippen LogP contribution is -2.12. The SMILES string of the molecule is CCOc1ccccc1NS(=O)(=O)c1ccc(CO)s1. The van der Waals surface area contributed by atoms with Crippen molar-refractivity contribution in [1.29, 1.82) is 0 Å². The third kappa shape index (κ3) is 3.30. The smallest absolute Gasteiger partial charge is 0.271 e. The van der Waals surface area contributed by atoms with Gasteiger partial charge in [0.05, 0.1) is 18.9 Å². The van der Waals surface area contributed by atoms with Gasteiger partial charge in [-0.15, -0.1) is 11.3 Å². The van der Waals surface area contributed by atoms with Gasteiger partial charge in [0.2, 0.25) is 0 Å². The van der Waals surface area contributed by atoms with Crippen LogP contribution in [-0.4, -0.2) is 20.1 Å². The molecular weight excluding hydrogens is 298 g/mol. The predicted molar refractivity (Wildman–Crippen MR) is 78.7 cm³/mol. The largest absolute Gasteiger partial charge is 0.492 e. The lowest BCUT2D eigenvalue weighted by molar-refractivity contribution is 0.285. The quantitative estimate of drug-likeness (QED) is 0.859. The predicted octanol–water partition coefficient (Wildman–Crippen LogP) is 2.44. The van der Waals surface area contributed by atoms with Crippen LogP contribution in [-0.2, 0) is 16.6 Å². The molecule has 0 aliphatic heterocycles. The highest BCUT2D eigenvalue weighted by Gasteiger charge is 2.18. The van der Waals surface area contributed by atoms with Gasteiger partial charge >= 0.3 is 0 Å². The summed E-state index contributed by atoms with van der Waals surface area (Å²) in [6.07, 6.45) is 0. The first-order valence-electron chi connectivity index (χ1n) is 6.01. The maximum Gasteiger partial charge on any atom is 0.271 e. The molecule has 0 atom stereocenters. The maximum atomic E-state index is 12.2. The Bertz CT molecular complexity index is 679. The number of aliphatic hydroxyl groups is 1. The number of ether oxygens (including phenoxy) is 1. The fourth-order valence-electron chi connectivity index (χ4n) is 1.62. The minimum atomic E-state index is -3.67. The summed E-state index contributed by atoms with van der Waals surface area (Å²) in [6, 6.07) is 9.92.